The lowest BCUT2D eigenvalue weighted by Gasteiger charge is -2.34. The van der Waals surface area contributed by atoms with Crippen LogP contribution < -0.4 is 0 Å². The van der Waals surface area contributed by atoms with Gasteiger partial charge in [0.05, 0.1) is 5.41 Å². The van der Waals surface area contributed by atoms with Crippen LogP contribution in [-0.4, -0.2) is 0 Å². The summed E-state index contributed by atoms with van der Waals surface area (Å²) in [5.74, 6) is 0. The molecule has 0 radical (unpaired) electrons. The van der Waals surface area contributed by atoms with Gasteiger partial charge >= 0.3 is 0 Å². The minimum atomic E-state index is -0.420. The molecule has 0 aromatic heterocycles. The van der Waals surface area contributed by atoms with Gasteiger partial charge < -0.3 is 0 Å². The van der Waals surface area contributed by atoms with Crippen LogP contribution in [-0.2, 0) is 5.41 Å². The molecule has 55 heavy (non-hydrogen) atoms. The zero-order valence-corrected chi connectivity index (χ0v) is 34.1. The fourth-order valence-electron chi connectivity index (χ4n) is 7.70. The third kappa shape index (κ3) is 8.72. The van der Waals surface area contributed by atoms with Crippen molar-refractivity contribution in [2.45, 2.75) is 60.3 Å². The summed E-state index contributed by atoms with van der Waals surface area (Å²) in [7, 11) is 0. The molecule has 6 aromatic rings. The van der Waals surface area contributed by atoms with Crippen LogP contribution >= 0.6 is 0 Å². The molecule has 0 atom stereocenters. The maximum absolute atomic E-state index is 4.29. The van der Waals surface area contributed by atoms with Crippen molar-refractivity contribution in [1.29, 1.82) is 0 Å². The van der Waals surface area contributed by atoms with E-state index >= 15 is 0 Å². The lowest BCUT2D eigenvalue weighted by Crippen LogP contribution is -2.28. The van der Waals surface area contributed by atoms with Crippen molar-refractivity contribution in [3.05, 3.63) is 240 Å². The number of aryl methyl sites for hydroxylation is 1. The molecule has 0 amide bonds. The molecule has 0 fully saturated rings. The highest BCUT2D eigenvalue weighted by molar-refractivity contribution is 5.97. The van der Waals surface area contributed by atoms with E-state index in [0.29, 0.717) is 0 Å². The molecule has 0 spiro atoms. The smallest absolute Gasteiger partial charge is 0.0713 e. The van der Waals surface area contributed by atoms with Gasteiger partial charge in [0.2, 0.25) is 0 Å². The summed E-state index contributed by atoms with van der Waals surface area (Å²) in [4.78, 5) is 0. The number of hydrogen-bond acceptors (Lipinski definition) is 0. The van der Waals surface area contributed by atoms with Gasteiger partial charge in [-0.15, -0.1) is 0 Å². The Balaban J connectivity index is 0.000000546. The van der Waals surface area contributed by atoms with E-state index in [4.69, 9.17) is 0 Å². The Morgan fingerprint density at radius 1 is 0.618 bits per heavy atom. The third-order valence-electron chi connectivity index (χ3n) is 10.1. The summed E-state index contributed by atoms with van der Waals surface area (Å²) in [6.45, 7) is 25.8. The molecule has 278 valence electrons. The topological polar surface area (TPSA) is 0 Å². The highest BCUT2D eigenvalue weighted by Gasteiger charge is 2.46. The van der Waals surface area contributed by atoms with Crippen LogP contribution in [0.1, 0.15) is 86.9 Å². The Labute approximate surface area is 332 Å². The number of rotatable bonds is 8. The Morgan fingerprint density at radius 3 is 1.65 bits per heavy atom. The molecule has 0 N–H and O–H groups in total. The molecule has 0 saturated heterocycles. The summed E-state index contributed by atoms with van der Waals surface area (Å²) in [6, 6.07) is 51.2. The van der Waals surface area contributed by atoms with Crippen molar-refractivity contribution < 1.29 is 0 Å². The molecule has 0 aliphatic heterocycles. The maximum atomic E-state index is 4.29. The second-order valence-corrected chi connectivity index (χ2v) is 13.2. The lowest BCUT2D eigenvalue weighted by atomic mass is 9.67. The molecule has 0 heteroatoms. The van der Waals surface area contributed by atoms with Gasteiger partial charge in [0.15, 0.2) is 0 Å². The summed E-state index contributed by atoms with van der Waals surface area (Å²) in [5, 5.41) is 2.51. The van der Waals surface area contributed by atoms with Gasteiger partial charge in [0, 0.05) is 0 Å². The molecular formula is C55H58. The molecule has 0 saturated carbocycles. The van der Waals surface area contributed by atoms with Gasteiger partial charge in [-0.25, -0.2) is 0 Å². The maximum Gasteiger partial charge on any atom is 0.0713 e. The van der Waals surface area contributed by atoms with Crippen molar-refractivity contribution in [2.75, 3.05) is 0 Å². The highest BCUT2D eigenvalue weighted by atomic mass is 14.5. The average Bonchev–Trinajstić information content (AvgIpc) is 3.54. The van der Waals surface area contributed by atoms with E-state index in [-0.39, 0.29) is 0 Å². The minimum Gasteiger partial charge on any atom is -0.0991 e. The van der Waals surface area contributed by atoms with Crippen molar-refractivity contribution in [3.8, 4) is 11.1 Å². The molecule has 0 bridgehead atoms. The summed E-state index contributed by atoms with van der Waals surface area (Å²) >= 11 is 0. The second kappa shape index (κ2) is 20.5. The van der Waals surface area contributed by atoms with E-state index in [2.05, 4.69) is 205 Å². The van der Waals surface area contributed by atoms with Crippen molar-refractivity contribution in [1.82, 2.24) is 0 Å². The van der Waals surface area contributed by atoms with E-state index in [0.717, 1.165) is 6.42 Å². The standard InChI is InChI=1S/C44H36.C5H10.C4H6.C2H6/c1-5-37(31(4)38(6-2)41-28-33-18-14-13-17-32(33)27-30(41)3)34-25-26-40-39-23-15-16-24-42(39)44(43(40)29-34,35-19-9-7-10-20-35)36-21-11-8-12-22-36;1-3-5-4-2;1-3-4-2;1-2/h5-29H,2H2,1,3-4H3;3,5H,4H2,1-2H3;3-4H,1-2H2;1-2H3/b37-5+,38-31+;5-3+;;. The van der Waals surface area contributed by atoms with E-state index < -0.39 is 5.41 Å². The monoisotopic (exact) mass is 718 g/mol. The average molecular weight is 719 g/mol. The SMILES string of the molecule is C/C=C/CC.C=C/C(=C(C)\C(=C/C)c1ccc2c(c1)C(c1ccccc1)(c1ccccc1)c1ccccc1-2)c1cc2ccccc2cc1C.C=CC=C.CC. The van der Waals surface area contributed by atoms with E-state index in [9.17, 15) is 0 Å². The first-order valence-corrected chi connectivity index (χ1v) is 19.6. The molecule has 0 nitrogen and oxygen atoms in total. The summed E-state index contributed by atoms with van der Waals surface area (Å²) < 4.78 is 0. The van der Waals surface area contributed by atoms with Gasteiger partial charge in [-0.1, -0.05) is 204 Å². The van der Waals surface area contributed by atoms with Gasteiger partial charge in [-0.3, -0.25) is 0 Å². The normalized spacial score (nSPS) is 12.7. The number of fused-ring (bicyclic) bond motifs is 4. The summed E-state index contributed by atoms with van der Waals surface area (Å²) in [6.07, 6.45) is 12.9. The summed E-state index contributed by atoms with van der Waals surface area (Å²) in [5.41, 5.74) is 14.7. The highest BCUT2D eigenvalue weighted by Crippen LogP contribution is 2.56. The van der Waals surface area contributed by atoms with Crippen LogP contribution in [0.25, 0.3) is 33.0 Å². The first kappa shape index (κ1) is 41.8. The van der Waals surface area contributed by atoms with Gasteiger partial charge in [0.1, 0.15) is 0 Å². The third-order valence-corrected chi connectivity index (χ3v) is 10.1. The number of benzene rings is 6. The molecule has 1 aliphatic carbocycles. The van der Waals surface area contributed by atoms with Crippen molar-refractivity contribution >= 4 is 21.9 Å². The molecule has 0 heterocycles. The van der Waals surface area contributed by atoms with Crippen LogP contribution in [0.5, 0.6) is 0 Å². The van der Waals surface area contributed by atoms with Crippen molar-refractivity contribution in [2.24, 2.45) is 0 Å². The largest absolute Gasteiger partial charge is 0.0991 e. The zero-order valence-electron chi connectivity index (χ0n) is 34.1. The van der Waals surface area contributed by atoms with Gasteiger partial charge in [0.25, 0.3) is 0 Å². The Kier molecular flexibility index (Phi) is 15.5. The Bertz CT molecular complexity index is 2240. The van der Waals surface area contributed by atoms with Gasteiger partial charge in [-0.2, -0.15) is 0 Å². The predicted octanol–water partition coefficient (Wildman–Crippen LogP) is 15.9. The molecule has 1 aliphatic rings. The molecule has 6 aromatic carbocycles. The van der Waals surface area contributed by atoms with Crippen LogP contribution in [0, 0.1) is 6.92 Å². The van der Waals surface area contributed by atoms with Crippen LogP contribution in [0.15, 0.2) is 201 Å². The first-order valence-electron chi connectivity index (χ1n) is 19.6. The Hall–Kier alpha value is -5.98. The first-order chi connectivity index (χ1) is 26.9. The quantitative estimate of drug-likeness (QED) is 0.108. The fraction of sp³-hybridized carbons (Fsp3) is 0.164. The van der Waals surface area contributed by atoms with Gasteiger partial charge in [-0.05, 0) is 124 Å². The predicted molar refractivity (Wildman–Crippen MR) is 246 cm³/mol. The molecule has 7 rings (SSSR count). The second-order valence-electron chi connectivity index (χ2n) is 13.2. The molecule has 0 unspecified atom stereocenters. The fourth-order valence-corrected chi connectivity index (χ4v) is 7.70. The Morgan fingerprint density at radius 2 is 1.15 bits per heavy atom. The van der Waals surface area contributed by atoms with E-state index in [1.54, 1.807) is 12.2 Å². The number of hydrogen-bond donors (Lipinski definition) is 0. The number of allylic oxidation sites excluding steroid dienone is 9. The van der Waals surface area contributed by atoms with Crippen molar-refractivity contribution in [3.63, 3.8) is 0 Å². The van der Waals surface area contributed by atoms with Crippen LogP contribution in [0.2, 0.25) is 0 Å². The lowest BCUT2D eigenvalue weighted by molar-refractivity contribution is 0.768. The van der Waals surface area contributed by atoms with Crippen LogP contribution in [0.3, 0.4) is 0 Å². The van der Waals surface area contributed by atoms with E-state index in [1.165, 1.54) is 77.6 Å². The zero-order chi connectivity index (χ0) is 39.8. The molecular weight excluding hydrogens is 661 g/mol. The van der Waals surface area contributed by atoms with Crippen LogP contribution in [0.4, 0.5) is 0 Å². The van der Waals surface area contributed by atoms with E-state index in [1.807, 2.05) is 26.8 Å². The minimum absolute atomic E-state index is 0.420.